The molecule has 7 aromatic carbocycles. The molecule has 11 rings (SSSR count). The maximum absolute atomic E-state index is 10.3. The van der Waals surface area contributed by atoms with E-state index in [0.717, 1.165) is 94.6 Å². The molecule has 0 heterocycles. The van der Waals surface area contributed by atoms with Gasteiger partial charge in [-0.25, -0.2) is 0 Å². The van der Waals surface area contributed by atoms with E-state index in [4.69, 9.17) is 8.22 Å². The summed E-state index contributed by atoms with van der Waals surface area (Å²) in [5, 5.41) is 0. The molecule has 0 heteroatoms. The number of benzene rings is 7. The summed E-state index contributed by atoms with van der Waals surface area (Å²) in [6.45, 7) is 14.7. The Labute approximate surface area is 345 Å². The fourth-order valence-corrected chi connectivity index (χ4v) is 10.5. The molecule has 0 bridgehead atoms. The second kappa shape index (κ2) is 11.7. The number of hydrogen-bond donors (Lipinski definition) is 0. The Bertz CT molecular complexity index is 3330. The third-order valence-electron chi connectivity index (χ3n) is 13.0. The molecule has 0 amide bonds. The SMILES string of the molecule is [2H]c1c([2H])c([2H])c(-c2c([2H])c([2H])c3c(c2[2H])-c2cc(C(C)(C)C)cc4c2C32Cc3c(C)cc(C)cc3C3=C2c2c-4cccc2C3c2ccc(C([2H])(C)C)cc2-c2ccccc2)c([2H])c1[2H]. The lowest BCUT2D eigenvalue weighted by Crippen LogP contribution is -2.36. The van der Waals surface area contributed by atoms with Gasteiger partial charge in [0.1, 0.15) is 0 Å². The second-order valence-electron chi connectivity index (χ2n) is 17.5. The van der Waals surface area contributed by atoms with Crippen molar-refractivity contribution >= 4 is 11.1 Å². The van der Waals surface area contributed by atoms with Crippen LogP contribution in [0.25, 0.3) is 55.7 Å². The number of hydrogen-bond acceptors (Lipinski definition) is 0. The molecule has 0 N–H and O–H groups in total. The van der Waals surface area contributed by atoms with Crippen molar-refractivity contribution in [2.45, 2.75) is 77.5 Å². The molecule has 4 aliphatic rings. The highest BCUT2D eigenvalue weighted by molar-refractivity contribution is 6.17. The van der Waals surface area contributed by atoms with E-state index in [1.54, 1.807) is 0 Å². The van der Waals surface area contributed by atoms with Gasteiger partial charge in [0.15, 0.2) is 0 Å². The largest absolute Gasteiger partial charge is 0.0636 e. The van der Waals surface area contributed by atoms with Crippen LogP contribution in [0.4, 0.5) is 0 Å². The molecular formula is C56H48. The first-order chi connectivity index (χ1) is 30.7. The molecule has 0 aliphatic heterocycles. The lowest BCUT2D eigenvalue weighted by atomic mass is 9.57. The Kier molecular flexibility index (Phi) is 5.29. The van der Waals surface area contributed by atoms with Gasteiger partial charge in [0, 0.05) is 7.29 Å². The molecule has 272 valence electrons. The summed E-state index contributed by atoms with van der Waals surface area (Å²) in [7, 11) is 0. The molecule has 0 nitrogen and oxygen atoms in total. The Hall–Kier alpha value is -5.72. The number of fused-ring (bicyclic) bond motifs is 5. The molecule has 7 aromatic rings. The standard InChI is InChI=1S/C56H48/c1-32(2)37-21-23-41(43(27-37)36-17-12-9-13-18-36)50-42-20-14-19-40-46-29-39(55(5,6)7)30-47-44-28-38(35-15-10-8-11-16-35)22-24-49(44)56(53(46)47)31-48-34(4)25-33(3)26-45(48)52(50)54(56)51(40)42/h8-30,32,50H,31H2,1-7H3/i8D,10D,11D,15D,16D,22D,24D,28D,32D. The van der Waals surface area contributed by atoms with Crippen molar-refractivity contribution in [1.82, 2.24) is 0 Å². The van der Waals surface area contributed by atoms with Crippen LogP contribution in [-0.4, -0.2) is 0 Å². The van der Waals surface area contributed by atoms with E-state index in [2.05, 4.69) is 120 Å². The van der Waals surface area contributed by atoms with E-state index in [-0.39, 0.29) is 40.6 Å². The molecule has 0 radical (unpaired) electrons. The summed E-state index contributed by atoms with van der Waals surface area (Å²) in [6.07, 6.45) is 0.492. The maximum atomic E-state index is 10.3. The zero-order chi connectivity index (χ0) is 46.1. The molecule has 0 aromatic heterocycles. The lowest BCUT2D eigenvalue weighted by Gasteiger charge is -2.45. The molecule has 0 fully saturated rings. The first-order valence-electron chi connectivity index (χ1n) is 24.3. The summed E-state index contributed by atoms with van der Waals surface area (Å²) in [5.41, 5.74) is 17.5. The summed E-state index contributed by atoms with van der Waals surface area (Å²) in [5.74, 6) is -1.10. The minimum atomic E-state index is -1.01. The second-order valence-corrected chi connectivity index (χ2v) is 17.5. The summed E-state index contributed by atoms with van der Waals surface area (Å²) in [4.78, 5) is 0. The van der Waals surface area contributed by atoms with Crippen molar-refractivity contribution in [3.63, 3.8) is 0 Å². The van der Waals surface area contributed by atoms with Crippen LogP contribution in [0.1, 0.15) is 120 Å². The topological polar surface area (TPSA) is 0 Å². The van der Waals surface area contributed by atoms with E-state index in [9.17, 15) is 4.11 Å². The number of allylic oxidation sites excluding steroid dienone is 2. The van der Waals surface area contributed by atoms with Crippen molar-refractivity contribution in [1.29, 1.82) is 0 Å². The highest BCUT2D eigenvalue weighted by atomic mass is 14.6. The van der Waals surface area contributed by atoms with Crippen LogP contribution in [0, 0.1) is 13.8 Å². The van der Waals surface area contributed by atoms with Gasteiger partial charge < -0.3 is 0 Å². The highest BCUT2D eigenvalue weighted by Gasteiger charge is 2.58. The fraction of sp³-hybridized carbons (Fsp3) is 0.214. The van der Waals surface area contributed by atoms with Crippen LogP contribution < -0.4 is 0 Å². The molecule has 1 spiro atoms. The van der Waals surface area contributed by atoms with Crippen LogP contribution in [0.2, 0.25) is 0 Å². The average molecular weight is 730 g/mol. The minimum Gasteiger partial charge on any atom is -0.0622 e. The molecule has 2 atom stereocenters. The average Bonchev–Trinajstić information content (AvgIpc) is 3.77. The van der Waals surface area contributed by atoms with Gasteiger partial charge in [0.25, 0.3) is 0 Å². The van der Waals surface area contributed by atoms with Crippen LogP contribution >= 0.6 is 0 Å². The lowest BCUT2D eigenvalue weighted by molar-refractivity contribution is 0.589. The van der Waals surface area contributed by atoms with Crippen LogP contribution in [-0.2, 0) is 17.3 Å². The quantitative estimate of drug-likeness (QED) is 0.169. The monoisotopic (exact) mass is 729 g/mol. The zero-order valence-corrected chi connectivity index (χ0v) is 32.9. The molecule has 56 heavy (non-hydrogen) atoms. The van der Waals surface area contributed by atoms with Crippen molar-refractivity contribution in [3.8, 4) is 44.5 Å². The maximum Gasteiger partial charge on any atom is 0.0636 e. The minimum absolute atomic E-state index is 0.103. The Morgan fingerprint density at radius 1 is 0.679 bits per heavy atom. The van der Waals surface area contributed by atoms with Gasteiger partial charge in [-0.15, -0.1) is 0 Å². The van der Waals surface area contributed by atoms with Gasteiger partial charge in [0.2, 0.25) is 0 Å². The predicted molar refractivity (Wildman–Crippen MR) is 236 cm³/mol. The van der Waals surface area contributed by atoms with E-state index in [1.807, 2.05) is 19.9 Å². The van der Waals surface area contributed by atoms with Crippen LogP contribution in [0.15, 0.2) is 139 Å². The predicted octanol–water partition coefficient (Wildman–Crippen LogP) is 14.6. The van der Waals surface area contributed by atoms with Crippen LogP contribution in [0.3, 0.4) is 0 Å². The van der Waals surface area contributed by atoms with Crippen molar-refractivity contribution < 1.29 is 12.3 Å². The highest BCUT2D eigenvalue weighted by Crippen LogP contribution is 2.72. The molecule has 0 saturated carbocycles. The van der Waals surface area contributed by atoms with Gasteiger partial charge in [-0.3, -0.25) is 0 Å². The Morgan fingerprint density at radius 2 is 1.45 bits per heavy atom. The fourth-order valence-electron chi connectivity index (χ4n) is 10.5. The van der Waals surface area contributed by atoms with Crippen LogP contribution in [0.5, 0.6) is 0 Å². The summed E-state index contributed by atoms with van der Waals surface area (Å²) >= 11 is 0. The van der Waals surface area contributed by atoms with Crippen molar-refractivity contribution in [3.05, 3.63) is 201 Å². The molecular weight excluding hydrogens is 673 g/mol. The number of rotatable bonds is 4. The van der Waals surface area contributed by atoms with E-state index in [1.165, 1.54) is 0 Å². The molecule has 2 unspecified atom stereocenters. The smallest absolute Gasteiger partial charge is 0.0622 e. The molecule has 0 saturated heterocycles. The van der Waals surface area contributed by atoms with Crippen molar-refractivity contribution in [2.24, 2.45) is 0 Å². The summed E-state index contributed by atoms with van der Waals surface area (Å²) in [6, 6.07) is 29.4. The van der Waals surface area contributed by atoms with Gasteiger partial charge in [-0.05, 0) is 149 Å². The summed E-state index contributed by atoms with van der Waals surface area (Å²) < 4.78 is 83.0. The van der Waals surface area contributed by atoms with Crippen molar-refractivity contribution in [2.75, 3.05) is 0 Å². The van der Waals surface area contributed by atoms with Gasteiger partial charge in [-0.2, -0.15) is 0 Å². The van der Waals surface area contributed by atoms with E-state index >= 15 is 0 Å². The van der Waals surface area contributed by atoms with E-state index in [0.29, 0.717) is 17.5 Å². The van der Waals surface area contributed by atoms with Gasteiger partial charge in [0.05, 0.1) is 16.4 Å². The first kappa shape index (κ1) is 25.4. The van der Waals surface area contributed by atoms with Gasteiger partial charge in [-0.1, -0.05) is 173 Å². The first-order valence-corrected chi connectivity index (χ1v) is 19.8. The molecule has 4 aliphatic carbocycles. The third-order valence-corrected chi connectivity index (χ3v) is 13.0. The number of aryl methyl sites for hydroxylation is 2. The van der Waals surface area contributed by atoms with Gasteiger partial charge >= 0.3 is 0 Å². The Morgan fingerprint density at radius 3 is 2.20 bits per heavy atom. The third kappa shape index (κ3) is 4.48. The Balaban J connectivity index is 1.35. The normalized spacial score (nSPS) is 20.6. The van der Waals surface area contributed by atoms with E-state index < -0.39 is 41.5 Å². The zero-order valence-electron chi connectivity index (χ0n) is 41.9.